The number of halogens is 5. The standard InChI is InChI=1S/C29H34F5N5O4/c1-16-5-8-23(40)39(13-16)14-18(35-27(42)43-28(2,3)4)12-24(41)38-10-9-19-22(15-38)36-26(37-25(19)29(32,33)34)17-6-7-20(30)21(31)11-17/h6-7,11,16,18H,5,8-10,12-15H2,1-4H3,(H,35,42)/t16-,18+/m1/s1. The molecule has 0 radical (unpaired) electrons. The Bertz CT molecular complexity index is 1390. The van der Waals surface area contributed by atoms with Gasteiger partial charge in [0.25, 0.3) is 0 Å². The highest BCUT2D eigenvalue weighted by Gasteiger charge is 2.40. The summed E-state index contributed by atoms with van der Waals surface area (Å²) in [6.07, 6.45) is -4.99. The molecule has 1 fully saturated rings. The van der Waals surface area contributed by atoms with Crippen molar-refractivity contribution in [2.75, 3.05) is 19.6 Å². The number of aromatic nitrogens is 2. The first-order valence-corrected chi connectivity index (χ1v) is 14.0. The maximum Gasteiger partial charge on any atom is 0.433 e. The number of hydrogen-bond acceptors (Lipinski definition) is 6. The molecule has 43 heavy (non-hydrogen) atoms. The van der Waals surface area contributed by atoms with E-state index in [0.717, 1.165) is 18.6 Å². The number of carbonyl (C=O) groups excluding carboxylic acids is 3. The lowest BCUT2D eigenvalue weighted by molar-refractivity contribution is -0.142. The van der Waals surface area contributed by atoms with E-state index in [1.807, 2.05) is 6.92 Å². The molecule has 14 heteroatoms. The maximum absolute atomic E-state index is 14.0. The van der Waals surface area contributed by atoms with Gasteiger partial charge in [-0.05, 0) is 57.7 Å². The molecule has 3 heterocycles. The zero-order chi connectivity index (χ0) is 31.7. The van der Waals surface area contributed by atoms with Gasteiger partial charge in [0.15, 0.2) is 23.2 Å². The first kappa shape index (κ1) is 32.1. The summed E-state index contributed by atoms with van der Waals surface area (Å²) < 4.78 is 74.6. The molecule has 4 rings (SSSR count). The number of nitrogens with one attached hydrogen (secondary N) is 1. The molecule has 2 aromatic rings. The van der Waals surface area contributed by atoms with Crippen molar-refractivity contribution in [2.24, 2.45) is 5.92 Å². The van der Waals surface area contributed by atoms with E-state index in [1.165, 1.54) is 4.90 Å². The van der Waals surface area contributed by atoms with Crippen LogP contribution >= 0.6 is 0 Å². The molecule has 234 valence electrons. The van der Waals surface area contributed by atoms with Crippen LogP contribution in [-0.4, -0.2) is 69.0 Å². The molecule has 1 aromatic carbocycles. The molecule has 9 nitrogen and oxygen atoms in total. The molecule has 1 N–H and O–H groups in total. The summed E-state index contributed by atoms with van der Waals surface area (Å²) in [5.74, 6) is -3.25. The number of ether oxygens (including phenoxy) is 1. The van der Waals surface area contributed by atoms with E-state index < -0.39 is 53.0 Å². The van der Waals surface area contributed by atoms with Crippen molar-refractivity contribution < 1.29 is 41.1 Å². The number of nitrogens with zero attached hydrogens (tertiary/aromatic N) is 4. The van der Waals surface area contributed by atoms with E-state index in [4.69, 9.17) is 4.74 Å². The lowest BCUT2D eigenvalue weighted by Gasteiger charge is -2.35. The fourth-order valence-electron chi connectivity index (χ4n) is 5.16. The third-order valence-corrected chi connectivity index (χ3v) is 7.18. The van der Waals surface area contributed by atoms with Crippen molar-refractivity contribution in [1.29, 1.82) is 0 Å². The average Bonchev–Trinajstić information content (AvgIpc) is 2.89. The number of fused-ring (bicyclic) bond motifs is 1. The minimum Gasteiger partial charge on any atom is -0.444 e. The lowest BCUT2D eigenvalue weighted by atomic mass is 9.98. The second kappa shape index (κ2) is 12.4. The molecule has 0 aliphatic carbocycles. The van der Waals surface area contributed by atoms with E-state index in [-0.39, 0.29) is 61.1 Å². The third kappa shape index (κ3) is 8.17. The van der Waals surface area contributed by atoms with E-state index >= 15 is 0 Å². The largest absolute Gasteiger partial charge is 0.444 e. The van der Waals surface area contributed by atoms with Gasteiger partial charge in [0.1, 0.15) is 5.60 Å². The summed E-state index contributed by atoms with van der Waals surface area (Å²) in [5.41, 5.74) is -2.42. The van der Waals surface area contributed by atoms with Gasteiger partial charge in [0, 0.05) is 43.6 Å². The Labute approximate surface area is 245 Å². The quantitative estimate of drug-likeness (QED) is 0.468. The molecule has 2 aliphatic rings. The lowest BCUT2D eigenvalue weighted by Crippen LogP contribution is -2.51. The van der Waals surface area contributed by atoms with Crippen molar-refractivity contribution >= 4 is 17.9 Å². The minimum atomic E-state index is -4.85. The number of likely N-dealkylation sites (tertiary alicyclic amines) is 1. The Morgan fingerprint density at radius 2 is 1.84 bits per heavy atom. The Morgan fingerprint density at radius 1 is 1.12 bits per heavy atom. The number of piperidine rings is 1. The van der Waals surface area contributed by atoms with Crippen LogP contribution in [0.3, 0.4) is 0 Å². The van der Waals surface area contributed by atoms with Crippen LogP contribution in [0.25, 0.3) is 11.4 Å². The molecule has 3 amide bonds. The van der Waals surface area contributed by atoms with Crippen LogP contribution in [0.2, 0.25) is 0 Å². The fourth-order valence-corrected chi connectivity index (χ4v) is 5.16. The van der Waals surface area contributed by atoms with Crippen LogP contribution in [0.4, 0.5) is 26.7 Å². The van der Waals surface area contributed by atoms with Gasteiger partial charge in [-0.15, -0.1) is 0 Å². The predicted molar refractivity (Wildman–Crippen MR) is 144 cm³/mol. The second-order valence-electron chi connectivity index (χ2n) is 12.0. The van der Waals surface area contributed by atoms with Gasteiger partial charge in [-0.2, -0.15) is 13.2 Å². The number of alkyl halides is 3. The molecule has 2 atom stereocenters. The first-order valence-electron chi connectivity index (χ1n) is 14.0. The Morgan fingerprint density at radius 3 is 2.49 bits per heavy atom. The van der Waals surface area contributed by atoms with E-state index in [0.29, 0.717) is 19.0 Å². The van der Waals surface area contributed by atoms with Gasteiger partial charge in [-0.1, -0.05) is 6.92 Å². The molecular formula is C29H34F5N5O4. The summed E-state index contributed by atoms with van der Waals surface area (Å²) in [7, 11) is 0. The van der Waals surface area contributed by atoms with Gasteiger partial charge in [0.05, 0.1) is 18.3 Å². The van der Waals surface area contributed by atoms with Gasteiger partial charge in [-0.3, -0.25) is 9.59 Å². The fraction of sp³-hybridized carbons (Fsp3) is 0.552. The number of carbonyl (C=O) groups is 3. The highest BCUT2D eigenvalue weighted by atomic mass is 19.4. The van der Waals surface area contributed by atoms with Gasteiger partial charge < -0.3 is 19.9 Å². The number of rotatable bonds is 6. The van der Waals surface area contributed by atoms with Gasteiger partial charge in [0.2, 0.25) is 11.8 Å². The smallest absolute Gasteiger partial charge is 0.433 e. The van der Waals surface area contributed by atoms with Crippen molar-refractivity contribution in [2.45, 2.75) is 77.7 Å². The number of alkyl carbamates (subject to hydrolysis) is 1. The topological polar surface area (TPSA) is 105 Å². The van der Waals surface area contributed by atoms with Crippen LogP contribution in [-0.2, 0) is 33.5 Å². The predicted octanol–water partition coefficient (Wildman–Crippen LogP) is 4.87. The van der Waals surface area contributed by atoms with Crippen molar-refractivity contribution in [3.63, 3.8) is 0 Å². The maximum atomic E-state index is 14.0. The number of amides is 3. The SMILES string of the molecule is C[C@@H]1CCC(=O)N(C[C@H](CC(=O)N2CCc3c(nc(-c4ccc(F)c(F)c4)nc3C(F)(F)F)C2)NC(=O)OC(C)(C)C)C1. The van der Waals surface area contributed by atoms with Gasteiger partial charge in [-0.25, -0.2) is 23.5 Å². The summed E-state index contributed by atoms with van der Waals surface area (Å²) in [5, 5.41) is 2.67. The molecule has 0 bridgehead atoms. The number of hydrogen-bond donors (Lipinski definition) is 1. The van der Waals surface area contributed by atoms with Crippen LogP contribution in [0.5, 0.6) is 0 Å². The molecule has 0 unspecified atom stereocenters. The molecule has 1 aromatic heterocycles. The Balaban J connectivity index is 1.58. The second-order valence-corrected chi connectivity index (χ2v) is 12.0. The normalized spacial score (nSPS) is 18.3. The van der Waals surface area contributed by atoms with Crippen LogP contribution in [0.1, 0.15) is 63.9 Å². The summed E-state index contributed by atoms with van der Waals surface area (Å²) in [6, 6.07) is 1.72. The molecule has 1 saturated heterocycles. The van der Waals surface area contributed by atoms with E-state index in [1.54, 1.807) is 25.7 Å². The van der Waals surface area contributed by atoms with Crippen LogP contribution in [0.15, 0.2) is 18.2 Å². The summed E-state index contributed by atoms with van der Waals surface area (Å²) in [4.78, 5) is 49.3. The van der Waals surface area contributed by atoms with Crippen molar-refractivity contribution in [1.82, 2.24) is 25.1 Å². The van der Waals surface area contributed by atoms with Crippen molar-refractivity contribution in [3.8, 4) is 11.4 Å². The molecule has 2 aliphatic heterocycles. The van der Waals surface area contributed by atoms with Crippen LogP contribution < -0.4 is 5.32 Å². The molecule has 0 spiro atoms. The van der Waals surface area contributed by atoms with Crippen LogP contribution in [0, 0.1) is 17.6 Å². The Kier molecular flexibility index (Phi) is 9.26. The van der Waals surface area contributed by atoms with E-state index in [2.05, 4.69) is 15.3 Å². The first-order chi connectivity index (χ1) is 20.0. The zero-order valence-corrected chi connectivity index (χ0v) is 24.4. The summed E-state index contributed by atoms with van der Waals surface area (Å²) in [6.45, 7) is 7.19. The van der Waals surface area contributed by atoms with Gasteiger partial charge >= 0.3 is 12.3 Å². The molecular weight excluding hydrogens is 577 g/mol. The number of benzene rings is 1. The zero-order valence-electron chi connectivity index (χ0n) is 24.4. The summed E-state index contributed by atoms with van der Waals surface area (Å²) >= 11 is 0. The Hall–Kier alpha value is -3.84. The molecule has 0 saturated carbocycles. The highest BCUT2D eigenvalue weighted by Crippen LogP contribution is 2.35. The van der Waals surface area contributed by atoms with E-state index in [9.17, 15) is 36.3 Å². The average molecular weight is 612 g/mol. The monoisotopic (exact) mass is 611 g/mol. The minimum absolute atomic E-state index is 0.0548. The highest BCUT2D eigenvalue weighted by molar-refractivity contribution is 5.79. The third-order valence-electron chi connectivity index (χ3n) is 7.18. The van der Waals surface area contributed by atoms with Crippen molar-refractivity contribution in [3.05, 3.63) is 46.8 Å².